The number of alkyl halides is 1. The maximum Gasteiger partial charge on any atom is 0.133 e. The molecule has 0 aromatic carbocycles. The molecule has 0 heterocycles. The summed E-state index contributed by atoms with van der Waals surface area (Å²) in [7, 11) is 1.93. The van der Waals surface area contributed by atoms with Gasteiger partial charge in [-0.2, -0.15) is 0 Å². The Hall–Kier alpha value is -0.440. The van der Waals surface area contributed by atoms with Gasteiger partial charge in [-0.05, 0) is 19.9 Å². The normalized spacial score (nSPS) is 20.4. The largest absolute Gasteiger partial charge is 0.301 e. The number of carbonyl (C=O) groups excluding carboxylic acids is 1. The van der Waals surface area contributed by atoms with Gasteiger partial charge in [0.05, 0.1) is 0 Å². The van der Waals surface area contributed by atoms with Crippen LogP contribution < -0.4 is 0 Å². The van der Waals surface area contributed by atoms with E-state index < -0.39 is 0 Å². The van der Waals surface area contributed by atoms with Gasteiger partial charge in [0.1, 0.15) is 12.5 Å². The molecule has 2 nitrogen and oxygen atoms in total. The molecule has 0 amide bonds. The summed E-state index contributed by atoms with van der Waals surface area (Å²) >= 11 is 0. The topological polar surface area (TPSA) is 20.3 Å². The van der Waals surface area contributed by atoms with Crippen molar-refractivity contribution in [1.29, 1.82) is 0 Å². The molecular weight excluding hydrogens is 157 g/mol. The third-order valence-corrected chi connectivity index (χ3v) is 2.57. The highest BCUT2D eigenvalue weighted by Crippen LogP contribution is 2.18. The predicted octanol–water partition coefficient (Wildman–Crippen LogP) is 1.40. The van der Waals surface area contributed by atoms with Crippen LogP contribution in [0, 0.1) is 0 Å². The molecule has 0 spiro atoms. The Morgan fingerprint density at radius 2 is 2.08 bits per heavy atom. The lowest BCUT2D eigenvalue weighted by Gasteiger charge is -2.29. The van der Waals surface area contributed by atoms with Crippen molar-refractivity contribution in [2.75, 3.05) is 20.3 Å². The molecule has 3 heteroatoms. The zero-order valence-corrected chi connectivity index (χ0v) is 7.55. The number of Topliss-reactive ketones (excluding diaryl/α,β-unsaturated/α-hetero) is 1. The lowest BCUT2D eigenvalue weighted by atomic mass is 9.93. The lowest BCUT2D eigenvalue weighted by Crippen LogP contribution is -2.36. The Kier molecular flexibility index (Phi) is 3.66. The van der Waals surface area contributed by atoms with Crippen molar-refractivity contribution in [3.63, 3.8) is 0 Å². The van der Waals surface area contributed by atoms with Crippen LogP contribution in [0.15, 0.2) is 0 Å². The number of rotatable bonds is 3. The molecule has 0 N–H and O–H groups in total. The fraction of sp³-hybridized carbons (Fsp3) is 0.889. The fourth-order valence-electron chi connectivity index (χ4n) is 1.68. The maximum atomic E-state index is 12.0. The Bertz CT molecular complexity index is 151. The molecule has 70 valence electrons. The van der Waals surface area contributed by atoms with E-state index in [1.807, 2.05) is 11.9 Å². The molecule has 1 rings (SSSR count). The third-order valence-electron chi connectivity index (χ3n) is 2.57. The first-order chi connectivity index (χ1) is 5.74. The SMILES string of the molecule is CN(CCF)C1CCC(=O)CC1. The molecule has 1 fully saturated rings. The molecule has 12 heavy (non-hydrogen) atoms. The van der Waals surface area contributed by atoms with Crippen molar-refractivity contribution in [3.8, 4) is 0 Å². The second kappa shape index (κ2) is 4.55. The second-order valence-corrected chi connectivity index (χ2v) is 3.44. The van der Waals surface area contributed by atoms with E-state index in [0.717, 1.165) is 12.8 Å². The van der Waals surface area contributed by atoms with Crippen LogP contribution in [0.1, 0.15) is 25.7 Å². The lowest BCUT2D eigenvalue weighted by molar-refractivity contribution is -0.121. The first-order valence-electron chi connectivity index (χ1n) is 4.52. The summed E-state index contributed by atoms with van der Waals surface area (Å²) < 4.78 is 12.0. The molecule has 0 saturated heterocycles. The van der Waals surface area contributed by atoms with Gasteiger partial charge in [0, 0.05) is 25.4 Å². The molecule has 0 aliphatic heterocycles. The molecule has 0 aromatic heterocycles. The molecule has 0 unspecified atom stereocenters. The number of nitrogens with zero attached hydrogens (tertiary/aromatic N) is 1. The van der Waals surface area contributed by atoms with Crippen molar-refractivity contribution in [1.82, 2.24) is 4.90 Å². The zero-order valence-electron chi connectivity index (χ0n) is 7.55. The molecule has 0 bridgehead atoms. The highest BCUT2D eigenvalue weighted by atomic mass is 19.1. The summed E-state index contributed by atoms with van der Waals surface area (Å²) in [6, 6.07) is 0.429. The number of ketones is 1. The second-order valence-electron chi connectivity index (χ2n) is 3.44. The smallest absolute Gasteiger partial charge is 0.133 e. The molecule has 0 atom stereocenters. The minimum absolute atomic E-state index is 0.291. The maximum absolute atomic E-state index is 12.0. The van der Waals surface area contributed by atoms with Gasteiger partial charge in [-0.1, -0.05) is 0 Å². The average Bonchev–Trinajstić information content (AvgIpc) is 2.06. The summed E-state index contributed by atoms with van der Waals surface area (Å²) in [5, 5.41) is 0. The summed E-state index contributed by atoms with van der Waals surface area (Å²) in [6.45, 7) is 0.208. The first kappa shape index (κ1) is 9.65. The van der Waals surface area contributed by atoms with Crippen LogP contribution in [-0.4, -0.2) is 37.0 Å². The van der Waals surface area contributed by atoms with Crippen LogP contribution in [0.4, 0.5) is 4.39 Å². The van der Waals surface area contributed by atoms with Gasteiger partial charge in [-0.3, -0.25) is 4.79 Å². The zero-order chi connectivity index (χ0) is 8.97. The van der Waals surface area contributed by atoms with E-state index in [2.05, 4.69) is 0 Å². The summed E-state index contributed by atoms with van der Waals surface area (Å²) in [4.78, 5) is 12.9. The van der Waals surface area contributed by atoms with Gasteiger partial charge < -0.3 is 4.90 Å². The van der Waals surface area contributed by atoms with Gasteiger partial charge in [0.25, 0.3) is 0 Å². The van der Waals surface area contributed by atoms with E-state index >= 15 is 0 Å². The van der Waals surface area contributed by atoms with E-state index in [1.54, 1.807) is 0 Å². The van der Waals surface area contributed by atoms with Gasteiger partial charge >= 0.3 is 0 Å². The van der Waals surface area contributed by atoms with Crippen LogP contribution in [0.25, 0.3) is 0 Å². The summed E-state index contributed by atoms with van der Waals surface area (Å²) in [5.41, 5.74) is 0. The molecule has 0 radical (unpaired) electrons. The summed E-state index contributed by atoms with van der Waals surface area (Å²) in [5.74, 6) is 0.361. The molecule has 1 aliphatic carbocycles. The van der Waals surface area contributed by atoms with Crippen LogP contribution >= 0.6 is 0 Å². The van der Waals surface area contributed by atoms with Gasteiger partial charge in [0.2, 0.25) is 0 Å². The number of hydrogen-bond donors (Lipinski definition) is 0. The monoisotopic (exact) mass is 173 g/mol. The number of halogens is 1. The standard InChI is InChI=1S/C9H16FNO/c1-11(7-6-10)8-2-4-9(12)5-3-8/h8H,2-7H2,1H3. The van der Waals surface area contributed by atoms with Crippen molar-refractivity contribution >= 4 is 5.78 Å². The van der Waals surface area contributed by atoms with E-state index in [4.69, 9.17) is 0 Å². The highest BCUT2D eigenvalue weighted by Gasteiger charge is 2.21. The Balaban J connectivity index is 2.28. The Morgan fingerprint density at radius 1 is 1.50 bits per heavy atom. The summed E-state index contributed by atoms with van der Waals surface area (Å²) in [6.07, 6.45) is 3.19. The molecule has 1 aliphatic rings. The van der Waals surface area contributed by atoms with E-state index in [-0.39, 0.29) is 6.67 Å². The van der Waals surface area contributed by atoms with Crippen LogP contribution in [0.2, 0.25) is 0 Å². The Morgan fingerprint density at radius 3 is 2.58 bits per heavy atom. The van der Waals surface area contributed by atoms with Crippen LogP contribution in [-0.2, 0) is 4.79 Å². The van der Waals surface area contributed by atoms with Gasteiger partial charge in [0.15, 0.2) is 0 Å². The minimum Gasteiger partial charge on any atom is -0.301 e. The average molecular weight is 173 g/mol. The highest BCUT2D eigenvalue weighted by molar-refractivity contribution is 5.79. The van der Waals surface area contributed by atoms with Crippen LogP contribution in [0.3, 0.4) is 0 Å². The molecular formula is C9H16FNO. The van der Waals surface area contributed by atoms with Crippen molar-refractivity contribution in [2.45, 2.75) is 31.7 Å². The van der Waals surface area contributed by atoms with Gasteiger partial charge in [-0.15, -0.1) is 0 Å². The van der Waals surface area contributed by atoms with Crippen LogP contribution in [0.5, 0.6) is 0 Å². The van der Waals surface area contributed by atoms with Crippen molar-refractivity contribution < 1.29 is 9.18 Å². The van der Waals surface area contributed by atoms with Crippen molar-refractivity contribution in [2.24, 2.45) is 0 Å². The molecule has 0 aromatic rings. The number of hydrogen-bond acceptors (Lipinski definition) is 2. The quantitative estimate of drug-likeness (QED) is 0.643. The van der Waals surface area contributed by atoms with Gasteiger partial charge in [-0.25, -0.2) is 4.39 Å². The third kappa shape index (κ3) is 2.55. The van der Waals surface area contributed by atoms with E-state index in [0.29, 0.717) is 31.2 Å². The van der Waals surface area contributed by atoms with E-state index in [1.165, 1.54) is 0 Å². The molecule has 1 saturated carbocycles. The minimum atomic E-state index is -0.291. The number of carbonyl (C=O) groups is 1. The fourth-order valence-corrected chi connectivity index (χ4v) is 1.68. The van der Waals surface area contributed by atoms with E-state index in [9.17, 15) is 9.18 Å². The van der Waals surface area contributed by atoms with Crippen molar-refractivity contribution in [3.05, 3.63) is 0 Å². The first-order valence-corrected chi connectivity index (χ1v) is 4.52. The Labute approximate surface area is 72.7 Å². The predicted molar refractivity (Wildman–Crippen MR) is 45.9 cm³/mol.